The molecule has 0 spiro atoms. The summed E-state index contributed by atoms with van der Waals surface area (Å²) in [4.78, 5) is 25.5. The van der Waals surface area contributed by atoms with Gasteiger partial charge >= 0.3 is 5.97 Å². The van der Waals surface area contributed by atoms with E-state index in [4.69, 9.17) is 11.6 Å². The van der Waals surface area contributed by atoms with Crippen LogP contribution >= 0.6 is 38.9 Å². The Balaban J connectivity index is 2.23. The number of nitrogens with zero attached hydrogens (tertiary/aromatic N) is 1. The summed E-state index contributed by atoms with van der Waals surface area (Å²) in [7, 11) is 1.30. The number of alkyl halides is 2. The summed E-state index contributed by atoms with van der Waals surface area (Å²) in [5.41, 5.74) is -1.22. The summed E-state index contributed by atoms with van der Waals surface area (Å²) in [6, 6.07) is 0. The largest absolute Gasteiger partial charge is 0.465 e. The number of amides is 1. The number of hydrogen-bond acceptors (Lipinski definition) is 4. The number of hydrogen-bond donors (Lipinski definition) is 0. The van der Waals surface area contributed by atoms with Crippen LogP contribution in [0.1, 0.15) is 20.1 Å². The van der Waals surface area contributed by atoms with E-state index in [-0.39, 0.29) is 13.1 Å². The third-order valence-corrected chi connectivity index (χ3v) is 5.10. The van der Waals surface area contributed by atoms with E-state index in [0.717, 1.165) is 10.4 Å². The molecule has 0 saturated heterocycles. The monoisotopic (exact) mass is 355 g/mol. The Hall–Kier alpha value is -0.660. The lowest BCUT2D eigenvalue weighted by atomic mass is 10.3. The van der Waals surface area contributed by atoms with Crippen molar-refractivity contribution in [1.29, 1.82) is 0 Å². The molecule has 0 radical (unpaired) electrons. The minimum Gasteiger partial charge on any atom is -0.465 e. The summed E-state index contributed by atoms with van der Waals surface area (Å²) in [5.74, 6) is -1.19. The normalized spacial score (nSPS) is 15.4. The van der Waals surface area contributed by atoms with Crippen molar-refractivity contribution in [3.05, 3.63) is 19.8 Å². The first-order valence-electron chi connectivity index (χ1n) is 4.91. The molecule has 0 fully saturated rings. The molecule has 2 rings (SSSR count). The van der Waals surface area contributed by atoms with Gasteiger partial charge in [-0.05, 0) is 15.9 Å². The predicted octanol–water partition coefficient (Wildman–Crippen LogP) is 2.67. The third-order valence-electron chi connectivity index (χ3n) is 2.58. The maximum absolute atomic E-state index is 12.7. The molecule has 1 aromatic rings. The van der Waals surface area contributed by atoms with E-state index in [1.54, 1.807) is 0 Å². The number of ether oxygens (including phenoxy) is 1. The zero-order chi connectivity index (χ0) is 13.4. The van der Waals surface area contributed by atoms with Crippen LogP contribution in [0.4, 0.5) is 4.39 Å². The van der Waals surface area contributed by atoms with Gasteiger partial charge in [-0.25, -0.2) is 9.18 Å². The third kappa shape index (κ3) is 2.26. The van der Waals surface area contributed by atoms with Gasteiger partial charge in [0.15, 0.2) is 0 Å². The highest BCUT2D eigenvalue weighted by Crippen LogP contribution is 2.39. The number of carbonyl (C=O) groups is 2. The lowest BCUT2D eigenvalue weighted by molar-refractivity contribution is -0.134. The second-order valence-electron chi connectivity index (χ2n) is 3.63. The fraction of sp³-hybridized carbons (Fsp3) is 0.400. The number of thiophene rings is 1. The molecule has 2 heterocycles. The number of halogens is 3. The van der Waals surface area contributed by atoms with Crippen LogP contribution in [0.15, 0.2) is 4.47 Å². The van der Waals surface area contributed by atoms with E-state index in [1.807, 2.05) is 0 Å². The van der Waals surface area contributed by atoms with E-state index in [9.17, 15) is 14.0 Å². The molecule has 0 bridgehead atoms. The first-order valence-corrected chi connectivity index (χ1v) is 6.95. The molecule has 0 aromatic carbocycles. The predicted molar refractivity (Wildman–Crippen MR) is 68.4 cm³/mol. The van der Waals surface area contributed by atoms with Crippen molar-refractivity contribution in [2.45, 2.75) is 18.7 Å². The highest BCUT2D eigenvalue weighted by atomic mass is 79.9. The van der Waals surface area contributed by atoms with Gasteiger partial charge in [-0.3, -0.25) is 4.79 Å². The zero-order valence-corrected chi connectivity index (χ0v) is 12.4. The topological polar surface area (TPSA) is 46.6 Å². The molecule has 0 aliphatic carbocycles. The van der Waals surface area contributed by atoms with Crippen molar-refractivity contribution in [3.63, 3.8) is 0 Å². The van der Waals surface area contributed by atoms with Crippen molar-refractivity contribution >= 4 is 50.7 Å². The summed E-state index contributed by atoms with van der Waals surface area (Å²) < 4.78 is 18.0. The van der Waals surface area contributed by atoms with Crippen molar-refractivity contribution in [3.8, 4) is 0 Å². The molecular formula is C10H8BrClFNO3S. The van der Waals surface area contributed by atoms with Crippen LogP contribution in [0.2, 0.25) is 0 Å². The number of fused-ring (bicyclic) bond motifs is 1. The van der Waals surface area contributed by atoms with Gasteiger partial charge in [0.05, 0.1) is 13.7 Å². The SMILES string of the molecule is COC(=O)c1sc2c(c1Br)CN(C(=O)C(F)Cl)C2. The molecule has 1 atom stereocenters. The average Bonchev–Trinajstić information content (AvgIpc) is 2.87. The van der Waals surface area contributed by atoms with Crippen LogP contribution in [0.5, 0.6) is 0 Å². The molecule has 0 N–H and O–H groups in total. The molecule has 1 aromatic heterocycles. The minimum absolute atomic E-state index is 0.245. The highest BCUT2D eigenvalue weighted by molar-refractivity contribution is 9.10. The van der Waals surface area contributed by atoms with Crippen LogP contribution in [0.3, 0.4) is 0 Å². The van der Waals surface area contributed by atoms with E-state index < -0.39 is 17.5 Å². The van der Waals surface area contributed by atoms with Crippen LogP contribution in [0, 0.1) is 0 Å². The molecule has 8 heteroatoms. The standard InChI is InChI=1S/C10H8BrClFNO3S/c1-17-10(16)7-6(11)4-2-14(3-5(4)18-7)9(15)8(12)13/h8H,2-3H2,1H3. The van der Waals surface area contributed by atoms with Gasteiger partial charge in [-0.15, -0.1) is 11.3 Å². The van der Waals surface area contributed by atoms with Gasteiger partial charge in [0.25, 0.3) is 11.5 Å². The summed E-state index contributed by atoms with van der Waals surface area (Å²) in [6.45, 7) is 0.511. The Labute approximate surface area is 120 Å². The van der Waals surface area contributed by atoms with Gasteiger partial charge in [-0.2, -0.15) is 0 Å². The Morgan fingerprint density at radius 1 is 1.56 bits per heavy atom. The average molecular weight is 357 g/mol. The molecular weight excluding hydrogens is 349 g/mol. The van der Waals surface area contributed by atoms with Crippen LogP contribution in [0.25, 0.3) is 0 Å². The van der Waals surface area contributed by atoms with Gasteiger partial charge in [-0.1, -0.05) is 11.6 Å². The molecule has 98 valence electrons. The summed E-state index contributed by atoms with van der Waals surface area (Å²) >= 11 is 9.66. The Morgan fingerprint density at radius 3 is 2.72 bits per heavy atom. The van der Waals surface area contributed by atoms with Gasteiger partial charge in [0.1, 0.15) is 4.88 Å². The first-order chi connectivity index (χ1) is 8.45. The Kier molecular flexibility index (Phi) is 3.93. The second kappa shape index (κ2) is 5.14. The van der Waals surface area contributed by atoms with Crippen LogP contribution < -0.4 is 0 Å². The molecule has 18 heavy (non-hydrogen) atoms. The highest BCUT2D eigenvalue weighted by Gasteiger charge is 2.33. The molecule has 1 amide bonds. The number of carbonyl (C=O) groups excluding carboxylic acids is 2. The van der Waals surface area contributed by atoms with Crippen LogP contribution in [-0.2, 0) is 22.6 Å². The van der Waals surface area contributed by atoms with Crippen molar-refractivity contribution in [1.82, 2.24) is 4.90 Å². The second-order valence-corrected chi connectivity index (χ2v) is 5.91. The van der Waals surface area contributed by atoms with Gasteiger partial charge in [0, 0.05) is 21.5 Å². The number of esters is 1. The lowest BCUT2D eigenvalue weighted by Gasteiger charge is -2.15. The van der Waals surface area contributed by atoms with E-state index >= 15 is 0 Å². The quantitative estimate of drug-likeness (QED) is 0.604. The Morgan fingerprint density at radius 2 is 2.22 bits per heavy atom. The van der Waals surface area contributed by atoms with Crippen molar-refractivity contribution < 1.29 is 18.7 Å². The lowest BCUT2D eigenvalue weighted by Crippen LogP contribution is -2.30. The molecule has 1 aliphatic heterocycles. The van der Waals surface area contributed by atoms with Gasteiger partial charge in [0.2, 0.25) is 0 Å². The number of methoxy groups -OCH3 is 1. The number of rotatable bonds is 2. The van der Waals surface area contributed by atoms with Crippen LogP contribution in [-0.4, -0.2) is 29.5 Å². The maximum Gasteiger partial charge on any atom is 0.349 e. The zero-order valence-electron chi connectivity index (χ0n) is 9.21. The summed E-state index contributed by atoms with van der Waals surface area (Å²) in [5, 5.41) is 0. The molecule has 4 nitrogen and oxygen atoms in total. The smallest absolute Gasteiger partial charge is 0.349 e. The maximum atomic E-state index is 12.7. The van der Waals surface area contributed by atoms with Gasteiger partial charge < -0.3 is 9.64 Å². The Bertz CT molecular complexity index is 519. The molecule has 1 aliphatic rings. The van der Waals surface area contributed by atoms with E-state index in [0.29, 0.717) is 9.35 Å². The molecule has 1 unspecified atom stereocenters. The fourth-order valence-corrected chi connectivity index (χ4v) is 3.89. The van der Waals surface area contributed by atoms with Crippen molar-refractivity contribution in [2.24, 2.45) is 0 Å². The van der Waals surface area contributed by atoms with E-state index in [1.165, 1.54) is 23.3 Å². The van der Waals surface area contributed by atoms with Crippen molar-refractivity contribution in [2.75, 3.05) is 7.11 Å². The van der Waals surface area contributed by atoms with E-state index in [2.05, 4.69) is 20.7 Å². The first kappa shape index (κ1) is 13.8. The minimum atomic E-state index is -2.03. The fourth-order valence-electron chi connectivity index (χ4n) is 1.71. The molecule has 0 saturated carbocycles. The summed E-state index contributed by atoms with van der Waals surface area (Å²) in [6.07, 6.45) is 0.